The third kappa shape index (κ3) is 3.07. The molecule has 0 aliphatic carbocycles. The Labute approximate surface area is 162 Å². The van der Waals surface area contributed by atoms with Crippen LogP contribution < -0.4 is 0 Å². The highest BCUT2D eigenvalue weighted by Gasteiger charge is 2.22. The molecule has 0 saturated carbocycles. The lowest BCUT2D eigenvalue weighted by Gasteiger charge is -2.16. The smallest absolute Gasteiger partial charge is 0.337 e. The number of hydrogen-bond acceptors (Lipinski definition) is 3. The Morgan fingerprint density at radius 3 is 2.00 bits per heavy atom. The summed E-state index contributed by atoms with van der Waals surface area (Å²) in [6.45, 7) is 3.92. The molecular formula is C23H19N3O2. The molecule has 0 radical (unpaired) electrons. The van der Waals surface area contributed by atoms with Gasteiger partial charge in [-0.05, 0) is 25.5 Å². The molecule has 28 heavy (non-hydrogen) atoms. The molecule has 4 aromatic rings. The van der Waals surface area contributed by atoms with Crippen molar-refractivity contribution in [1.82, 2.24) is 14.8 Å². The first kappa shape index (κ1) is 17.7. The maximum atomic E-state index is 12.0. The number of carbonyl (C=O) groups is 1. The van der Waals surface area contributed by atoms with Crippen molar-refractivity contribution in [1.29, 1.82) is 0 Å². The topological polar surface area (TPSA) is 68.0 Å². The van der Waals surface area contributed by atoms with E-state index in [-0.39, 0.29) is 5.56 Å². The van der Waals surface area contributed by atoms with Gasteiger partial charge in [0.05, 0.1) is 11.3 Å². The van der Waals surface area contributed by atoms with Gasteiger partial charge in [0.25, 0.3) is 0 Å². The predicted octanol–water partition coefficient (Wildman–Crippen LogP) is 4.92. The molecule has 138 valence electrons. The van der Waals surface area contributed by atoms with E-state index >= 15 is 0 Å². The molecule has 3 aromatic carbocycles. The number of aryl methyl sites for hydroxylation is 2. The highest BCUT2D eigenvalue weighted by Crippen LogP contribution is 2.32. The van der Waals surface area contributed by atoms with Crippen LogP contribution in [-0.4, -0.2) is 25.8 Å². The number of benzene rings is 3. The van der Waals surface area contributed by atoms with Crippen LogP contribution in [0.25, 0.3) is 28.5 Å². The Bertz CT molecular complexity index is 1150. The van der Waals surface area contributed by atoms with Gasteiger partial charge >= 0.3 is 5.97 Å². The maximum Gasteiger partial charge on any atom is 0.337 e. The molecule has 0 aliphatic heterocycles. The van der Waals surface area contributed by atoms with Crippen molar-refractivity contribution >= 4 is 5.97 Å². The van der Waals surface area contributed by atoms with E-state index in [2.05, 4.69) is 10.2 Å². The summed E-state index contributed by atoms with van der Waals surface area (Å²) >= 11 is 0. The lowest BCUT2D eigenvalue weighted by atomic mass is 10.1. The average Bonchev–Trinajstić information content (AvgIpc) is 3.13. The molecule has 1 N–H and O–H groups in total. The summed E-state index contributed by atoms with van der Waals surface area (Å²) in [6, 6.07) is 22.9. The SMILES string of the molecule is Cc1ccc(-c2nnc(-c3ccccc3)n2-c2c(C)cccc2C(=O)O)cc1. The predicted molar refractivity (Wildman–Crippen MR) is 109 cm³/mol. The average molecular weight is 369 g/mol. The minimum Gasteiger partial charge on any atom is -0.478 e. The molecule has 0 spiro atoms. The van der Waals surface area contributed by atoms with E-state index in [1.165, 1.54) is 0 Å². The van der Waals surface area contributed by atoms with Crippen LogP contribution >= 0.6 is 0 Å². The number of rotatable bonds is 4. The number of carboxylic acids is 1. The Morgan fingerprint density at radius 1 is 0.786 bits per heavy atom. The van der Waals surface area contributed by atoms with E-state index in [1.54, 1.807) is 12.1 Å². The molecule has 1 heterocycles. The van der Waals surface area contributed by atoms with Crippen molar-refractivity contribution in [3.05, 3.63) is 89.5 Å². The van der Waals surface area contributed by atoms with Crippen LogP contribution in [0.4, 0.5) is 0 Å². The van der Waals surface area contributed by atoms with Crippen LogP contribution in [0.5, 0.6) is 0 Å². The summed E-state index contributed by atoms with van der Waals surface area (Å²) in [5.41, 5.74) is 4.51. The third-order valence-corrected chi connectivity index (χ3v) is 4.70. The highest BCUT2D eigenvalue weighted by molar-refractivity contribution is 5.93. The minimum atomic E-state index is -0.985. The monoisotopic (exact) mass is 369 g/mol. The van der Waals surface area contributed by atoms with E-state index in [1.807, 2.05) is 79.1 Å². The summed E-state index contributed by atoms with van der Waals surface area (Å²) < 4.78 is 1.85. The second-order valence-corrected chi connectivity index (χ2v) is 6.69. The standard InChI is InChI=1S/C23H19N3O2/c1-15-11-13-18(14-12-15)22-25-24-21(17-8-4-3-5-9-17)26(22)20-16(2)7-6-10-19(20)23(27)28/h3-14H,1-2H3,(H,27,28). The fraction of sp³-hybridized carbons (Fsp3) is 0.0870. The first-order chi connectivity index (χ1) is 13.6. The van der Waals surface area contributed by atoms with Gasteiger partial charge in [0, 0.05) is 11.1 Å². The summed E-state index contributed by atoms with van der Waals surface area (Å²) in [4.78, 5) is 12.0. The van der Waals surface area contributed by atoms with Gasteiger partial charge in [0.2, 0.25) is 0 Å². The van der Waals surface area contributed by atoms with E-state index in [0.29, 0.717) is 17.3 Å². The molecule has 0 amide bonds. The number of nitrogens with zero attached hydrogens (tertiary/aromatic N) is 3. The van der Waals surface area contributed by atoms with Gasteiger partial charge in [-0.2, -0.15) is 0 Å². The van der Waals surface area contributed by atoms with Gasteiger partial charge in [0.1, 0.15) is 0 Å². The van der Waals surface area contributed by atoms with Crippen LogP contribution in [0.15, 0.2) is 72.8 Å². The molecule has 0 aliphatic rings. The van der Waals surface area contributed by atoms with E-state index in [4.69, 9.17) is 0 Å². The van der Waals surface area contributed by atoms with Crippen LogP contribution in [-0.2, 0) is 0 Å². The summed E-state index contributed by atoms with van der Waals surface area (Å²) in [5, 5.41) is 18.6. The van der Waals surface area contributed by atoms with Crippen LogP contribution in [0.3, 0.4) is 0 Å². The van der Waals surface area contributed by atoms with Crippen molar-refractivity contribution in [2.24, 2.45) is 0 Å². The molecule has 5 nitrogen and oxygen atoms in total. The molecule has 0 atom stereocenters. The van der Waals surface area contributed by atoms with Gasteiger partial charge in [-0.25, -0.2) is 4.79 Å². The quantitative estimate of drug-likeness (QED) is 0.555. The molecule has 4 rings (SSSR count). The van der Waals surface area contributed by atoms with Gasteiger partial charge in [-0.15, -0.1) is 10.2 Å². The van der Waals surface area contributed by atoms with Gasteiger partial charge in [0.15, 0.2) is 11.6 Å². The number of aromatic nitrogens is 3. The largest absolute Gasteiger partial charge is 0.478 e. The number of aromatic carboxylic acids is 1. The molecule has 0 bridgehead atoms. The van der Waals surface area contributed by atoms with Gasteiger partial charge in [-0.1, -0.05) is 72.3 Å². The van der Waals surface area contributed by atoms with Crippen LogP contribution in [0.2, 0.25) is 0 Å². The zero-order chi connectivity index (χ0) is 19.7. The Balaban J connectivity index is 2.06. The third-order valence-electron chi connectivity index (χ3n) is 4.70. The van der Waals surface area contributed by atoms with E-state index in [9.17, 15) is 9.90 Å². The zero-order valence-corrected chi connectivity index (χ0v) is 15.6. The number of carboxylic acid groups (broad SMARTS) is 1. The lowest BCUT2D eigenvalue weighted by Crippen LogP contribution is -2.10. The molecular weight excluding hydrogens is 350 g/mol. The van der Waals surface area contributed by atoms with Crippen molar-refractivity contribution < 1.29 is 9.90 Å². The molecule has 0 saturated heterocycles. The lowest BCUT2D eigenvalue weighted by molar-refractivity contribution is 0.0697. The van der Waals surface area contributed by atoms with E-state index in [0.717, 1.165) is 22.3 Å². The first-order valence-corrected chi connectivity index (χ1v) is 8.97. The first-order valence-electron chi connectivity index (χ1n) is 8.97. The summed E-state index contributed by atoms with van der Waals surface area (Å²) in [7, 11) is 0. The molecule has 5 heteroatoms. The minimum absolute atomic E-state index is 0.213. The number of para-hydroxylation sites is 1. The van der Waals surface area contributed by atoms with Crippen molar-refractivity contribution in [3.8, 4) is 28.5 Å². The highest BCUT2D eigenvalue weighted by atomic mass is 16.4. The Hall–Kier alpha value is -3.73. The van der Waals surface area contributed by atoms with Crippen molar-refractivity contribution in [2.75, 3.05) is 0 Å². The second kappa shape index (κ2) is 7.12. The van der Waals surface area contributed by atoms with Crippen LogP contribution in [0, 0.1) is 13.8 Å². The second-order valence-electron chi connectivity index (χ2n) is 6.69. The fourth-order valence-corrected chi connectivity index (χ4v) is 3.29. The number of hydrogen-bond donors (Lipinski definition) is 1. The zero-order valence-electron chi connectivity index (χ0n) is 15.6. The van der Waals surface area contributed by atoms with E-state index < -0.39 is 5.97 Å². The molecule has 0 fully saturated rings. The van der Waals surface area contributed by atoms with Crippen molar-refractivity contribution in [3.63, 3.8) is 0 Å². The van der Waals surface area contributed by atoms with Gasteiger partial charge in [-0.3, -0.25) is 4.57 Å². The molecule has 1 aromatic heterocycles. The maximum absolute atomic E-state index is 12.0. The molecule has 0 unspecified atom stereocenters. The normalized spacial score (nSPS) is 10.8. The summed E-state index contributed by atoms with van der Waals surface area (Å²) in [6.07, 6.45) is 0. The fourth-order valence-electron chi connectivity index (χ4n) is 3.29. The Kier molecular flexibility index (Phi) is 4.49. The summed E-state index contributed by atoms with van der Waals surface area (Å²) in [5.74, 6) is 0.227. The Morgan fingerprint density at radius 2 is 1.39 bits per heavy atom. The van der Waals surface area contributed by atoms with Crippen molar-refractivity contribution in [2.45, 2.75) is 13.8 Å². The van der Waals surface area contributed by atoms with Gasteiger partial charge < -0.3 is 5.11 Å². The van der Waals surface area contributed by atoms with Crippen LogP contribution in [0.1, 0.15) is 21.5 Å².